The Hall–Kier alpha value is -1.44. The second-order valence-corrected chi connectivity index (χ2v) is 8.83. The van der Waals surface area contributed by atoms with Crippen molar-refractivity contribution >= 4 is 21.4 Å². The van der Waals surface area contributed by atoms with Crippen molar-refractivity contribution in [3.8, 4) is 5.75 Å². The molecule has 130 valence electrons. The summed E-state index contributed by atoms with van der Waals surface area (Å²) in [6.45, 7) is 2.28. The fraction of sp³-hybridized carbons (Fsp3) is 0.471. The fourth-order valence-corrected chi connectivity index (χ4v) is 4.49. The molecule has 1 aromatic heterocycles. The van der Waals surface area contributed by atoms with Gasteiger partial charge in [-0.15, -0.1) is 11.3 Å². The lowest BCUT2D eigenvalue weighted by Crippen LogP contribution is -2.26. The summed E-state index contributed by atoms with van der Waals surface area (Å²) < 4.78 is 33.1. The zero-order chi connectivity index (χ0) is 17.0. The Morgan fingerprint density at radius 1 is 1.25 bits per heavy atom. The van der Waals surface area contributed by atoms with Crippen LogP contribution in [0.25, 0.3) is 0 Å². The molecule has 3 rings (SSSR count). The molecule has 1 heterocycles. The van der Waals surface area contributed by atoms with E-state index in [4.69, 9.17) is 4.74 Å². The van der Waals surface area contributed by atoms with Crippen LogP contribution in [0.2, 0.25) is 0 Å². The number of benzene rings is 1. The van der Waals surface area contributed by atoms with E-state index in [0.717, 1.165) is 29.3 Å². The minimum Gasteiger partial charge on any atom is -0.490 e. The van der Waals surface area contributed by atoms with Gasteiger partial charge in [-0.2, -0.15) is 0 Å². The van der Waals surface area contributed by atoms with Crippen LogP contribution in [0.3, 0.4) is 0 Å². The third-order valence-corrected chi connectivity index (χ3v) is 6.38. The van der Waals surface area contributed by atoms with Crippen LogP contribution in [-0.2, 0) is 16.4 Å². The van der Waals surface area contributed by atoms with Crippen molar-refractivity contribution in [2.45, 2.75) is 50.0 Å². The summed E-state index contributed by atoms with van der Waals surface area (Å²) in [6, 6.07) is 6.66. The average Bonchev–Trinajstić information content (AvgIpc) is 3.20. The minimum atomic E-state index is -3.50. The van der Waals surface area contributed by atoms with Gasteiger partial charge >= 0.3 is 0 Å². The molecule has 1 aliphatic rings. The van der Waals surface area contributed by atoms with E-state index in [-0.39, 0.29) is 11.0 Å². The highest BCUT2D eigenvalue weighted by Gasteiger charge is 2.17. The van der Waals surface area contributed by atoms with Gasteiger partial charge in [0.25, 0.3) is 0 Å². The van der Waals surface area contributed by atoms with E-state index in [2.05, 4.69) is 9.71 Å². The molecule has 1 aliphatic carbocycles. The molecule has 24 heavy (non-hydrogen) atoms. The van der Waals surface area contributed by atoms with E-state index >= 15 is 0 Å². The number of nitrogens with one attached hydrogen (secondary N) is 1. The first kappa shape index (κ1) is 17.4. The molecule has 1 N–H and O–H groups in total. The number of aromatic nitrogens is 1. The van der Waals surface area contributed by atoms with Crippen LogP contribution < -0.4 is 9.46 Å². The summed E-state index contributed by atoms with van der Waals surface area (Å²) >= 11 is 1.57. The summed E-state index contributed by atoms with van der Waals surface area (Å²) in [5.41, 5.74) is 0.917. The highest BCUT2D eigenvalue weighted by Crippen LogP contribution is 2.24. The maximum atomic E-state index is 12.3. The Balaban J connectivity index is 1.55. The third kappa shape index (κ3) is 4.55. The van der Waals surface area contributed by atoms with Crippen molar-refractivity contribution in [2.24, 2.45) is 0 Å². The highest BCUT2D eigenvalue weighted by atomic mass is 32.2. The van der Waals surface area contributed by atoms with Crippen molar-refractivity contribution in [2.75, 3.05) is 6.54 Å². The Morgan fingerprint density at radius 3 is 2.58 bits per heavy atom. The Kier molecular flexibility index (Phi) is 5.53. The van der Waals surface area contributed by atoms with Crippen molar-refractivity contribution in [3.63, 3.8) is 0 Å². The number of hydrogen-bond acceptors (Lipinski definition) is 5. The quantitative estimate of drug-likeness (QED) is 0.816. The van der Waals surface area contributed by atoms with Gasteiger partial charge in [0.2, 0.25) is 10.0 Å². The van der Waals surface area contributed by atoms with Gasteiger partial charge < -0.3 is 4.74 Å². The molecule has 0 amide bonds. The normalized spacial score (nSPS) is 15.7. The summed E-state index contributed by atoms with van der Waals surface area (Å²) in [5, 5.41) is 2.95. The SMILES string of the molecule is Cc1nc(CCNS(=O)(=O)c2ccc(OC3CCCC3)cc2)cs1. The lowest BCUT2D eigenvalue weighted by Gasteiger charge is -2.13. The first-order valence-corrected chi connectivity index (χ1v) is 10.6. The van der Waals surface area contributed by atoms with E-state index in [1.165, 1.54) is 12.8 Å². The van der Waals surface area contributed by atoms with Gasteiger partial charge in [0.1, 0.15) is 5.75 Å². The monoisotopic (exact) mass is 366 g/mol. The molecule has 0 aliphatic heterocycles. The zero-order valence-electron chi connectivity index (χ0n) is 13.7. The van der Waals surface area contributed by atoms with E-state index < -0.39 is 10.0 Å². The number of nitrogens with zero attached hydrogens (tertiary/aromatic N) is 1. The van der Waals surface area contributed by atoms with Gasteiger partial charge in [0.15, 0.2) is 0 Å². The molecule has 0 radical (unpaired) electrons. The number of ether oxygens (including phenoxy) is 1. The van der Waals surface area contributed by atoms with Gasteiger partial charge in [-0.3, -0.25) is 0 Å². The number of sulfonamides is 1. The first-order valence-electron chi connectivity index (χ1n) is 8.20. The van der Waals surface area contributed by atoms with Crippen LogP contribution >= 0.6 is 11.3 Å². The number of thiazole rings is 1. The van der Waals surface area contributed by atoms with E-state index in [0.29, 0.717) is 13.0 Å². The summed E-state index contributed by atoms with van der Waals surface area (Å²) in [4.78, 5) is 4.59. The van der Waals surface area contributed by atoms with Crippen molar-refractivity contribution in [1.82, 2.24) is 9.71 Å². The Labute approximate surface area is 147 Å². The summed E-state index contributed by atoms with van der Waals surface area (Å²) in [7, 11) is -3.50. The average molecular weight is 367 g/mol. The molecule has 0 unspecified atom stereocenters. The molecule has 0 bridgehead atoms. The predicted molar refractivity (Wildman–Crippen MR) is 95.1 cm³/mol. The van der Waals surface area contributed by atoms with Gasteiger partial charge in [-0.25, -0.2) is 18.1 Å². The van der Waals surface area contributed by atoms with Gasteiger partial charge in [0.05, 0.1) is 21.7 Å². The fourth-order valence-electron chi connectivity index (χ4n) is 2.82. The van der Waals surface area contributed by atoms with Crippen LogP contribution in [-0.4, -0.2) is 26.1 Å². The lowest BCUT2D eigenvalue weighted by molar-refractivity contribution is 0.210. The summed E-state index contributed by atoms with van der Waals surface area (Å²) in [6.07, 6.45) is 5.44. The predicted octanol–water partition coefficient (Wildman–Crippen LogP) is 3.29. The number of aryl methyl sites for hydroxylation is 1. The maximum Gasteiger partial charge on any atom is 0.240 e. The number of hydrogen-bond donors (Lipinski definition) is 1. The second kappa shape index (κ2) is 7.63. The molecule has 1 saturated carbocycles. The van der Waals surface area contributed by atoms with Crippen LogP contribution in [0.5, 0.6) is 5.75 Å². The van der Waals surface area contributed by atoms with Crippen LogP contribution in [0.15, 0.2) is 34.5 Å². The van der Waals surface area contributed by atoms with Crippen molar-refractivity contribution in [1.29, 1.82) is 0 Å². The number of rotatable bonds is 7. The topological polar surface area (TPSA) is 68.3 Å². The lowest BCUT2D eigenvalue weighted by atomic mass is 10.3. The van der Waals surface area contributed by atoms with E-state index in [1.807, 2.05) is 12.3 Å². The van der Waals surface area contributed by atoms with Crippen molar-refractivity contribution < 1.29 is 13.2 Å². The molecule has 0 spiro atoms. The zero-order valence-corrected chi connectivity index (χ0v) is 15.3. The summed E-state index contributed by atoms with van der Waals surface area (Å²) in [5.74, 6) is 0.735. The van der Waals surface area contributed by atoms with Gasteiger partial charge in [-0.05, 0) is 56.9 Å². The Morgan fingerprint density at radius 2 is 1.96 bits per heavy atom. The van der Waals surface area contributed by atoms with Crippen LogP contribution in [0, 0.1) is 6.92 Å². The first-order chi connectivity index (χ1) is 11.5. The van der Waals surface area contributed by atoms with E-state index in [9.17, 15) is 8.42 Å². The molecule has 5 nitrogen and oxygen atoms in total. The van der Waals surface area contributed by atoms with E-state index in [1.54, 1.807) is 35.6 Å². The molecule has 1 fully saturated rings. The van der Waals surface area contributed by atoms with Crippen molar-refractivity contribution in [3.05, 3.63) is 40.3 Å². The standard InChI is InChI=1S/C17H22N2O3S2/c1-13-19-14(12-23-13)10-11-18-24(20,21)17-8-6-16(7-9-17)22-15-4-2-3-5-15/h6-9,12,15,18H,2-5,10-11H2,1H3. The molecular weight excluding hydrogens is 344 g/mol. The smallest absolute Gasteiger partial charge is 0.240 e. The molecular formula is C17H22N2O3S2. The van der Waals surface area contributed by atoms with Gasteiger partial charge in [-0.1, -0.05) is 0 Å². The minimum absolute atomic E-state index is 0.260. The molecule has 1 aromatic carbocycles. The molecule has 7 heteroatoms. The molecule has 0 atom stereocenters. The van der Waals surface area contributed by atoms with Crippen LogP contribution in [0.1, 0.15) is 36.4 Å². The molecule has 0 saturated heterocycles. The Bertz CT molecular complexity index is 763. The maximum absolute atomic E-state index is 12.3. The largest absolute Gasteiger partial charge is 0.490 e. The third-order valence-electron chi connectivity index (χ3n) is 4.08. The highest BCUT2D eigenvalue weighted by molar-refractivity contribution is 7.89. The molecule has 2 aromatic rings. The van der Waals surface area contributed by atoms with Gasteiger partial charge in [0, 0.05) is 18.3 Å². The second-order valence-electron chi connectivity index (χ2n) is 6.00. The van der Waals surface area contributed by atoms with Crippen LogP contribution in [0.4, 0.5) is 0 Å².